The van der Waals surface area contributed by atoms with Crippen LogP contribution < -0.4 is 0 Å². The topological polar surface area (TPSA) is 15.8 Å². The zero-order valence-corrected chi connectivity index (χ0v) is 14.5. The molecule has 0 radical (unpaired) electrons. The fourth-order valence-electron chi connectivity index (χ4n) is 3.78. The van der Waals surface area contributed by atoms with Gasteiger partial charge in [0.05, 0.1) is 10.5 Å². The second-order valence-corrected chi connectivity index (χ2v) is 8.31. The molecule has 0 unspecified atom stereocenters. The summed E-state index contributed by atoms with van der Waals surface area (Å²) in [6, 6.07) is 3.85. The van der Waals surface area contributed by atoms with E-state index in [4.69, 9.17) is 23.2 Å². The van der Waals surface area contributed by atoms with E-state index >= 15 is 0 Å². The Labute approximate surface area is 137 Å². The average Bonchev–Trinajstić information content (AvgIpc) is 2.82. The van der Waals surface area contributed by atoms with Crippen LogP contribution in [0.15, 0.2) is 18.3 Å². The van der Waals surface area contributed by atoms with Crippen LogP contribution in [0.5, 0.6) is 0 Å². The highest BCUT2D eigenvalue weighted by atomic mass is 35.5. The highest BCUT2D eigenvalue weighted by molar-refractivity contribution is 6.38. The molecule has 0 bridgehead atoms. The number of halogens is 2. The van der Waals surface area contributed by atoms with Crippen molar-refractivity contribution < 1.29 is 0 Å². The maximum absolute atomic E-state index is 6.28. The van der Waals surface area contributed by atoms with Gasteiger partial charge < -0.3 is 4.98 Å². The molecule has 1 saturated carbocycles. The van der Waals surface area contributed by atoms with Crippen molar-refractivity contribution in [1.82, 2.24) is 4.98 Å². The van der Waals surface area contributed by atoms with E-state index in [2.05, 4.69) is 32.0 Å². The van der Waals surface area contributed by atoms with Crippen LogP contribution >= 0.6 is 23.2 Å². The fourth-order valence-corrected chi connectivity index (χ4v) is 4.33. The van der Waals surface area contributed by atoms with Crippen LogP contribution in [0.4, 0.5) is 0 Å². The van der Waals surface area contributed by atoms with Gasteiger partial charge in [0.2, 0.25) is 0 Å². The second kappa shape index (κ2) is 5.52. The lowest BCUT2D eigenvalue weighted by Crippen LogP contribution is -2.25. The highest BCUT2D eigenvalue weighted by Crippen LogP contribution is 2.45. The molecule has 1 nitrogen and oxygen atoms in total. The third-order valence-corrected chi connectivity index (χ3v) is 5.65. The molecule has 1 aromatic heterocycles. The maximum Gasteiger partial charge on any atom is 0.0661 e. The van der Waals surface area contributed by atoms with Gasteiger partial charge in [-0.15, -0.1) is 0 Å². The Morgan fingerprint density at radius 3 is 2.33 bits per heavy atom. The average molecular weight is 324 g/mol. The number of nitrogens with one attached hydrogen (secondary N) is 1. The smallest absolute Gasteiger partial charge is 0.0661 e. The van der Waals surface area contributed by atoms with Crippen LogP contribution in [0, 0.1) is 11.3 Å². The molecular formula is C18H23Cl2N. The summed E-state index contributed by atoms with van der Waals surface area (Å²) in [5.41, 5.74) is 2.84. The Morgan fingerprint density at radius 1 is 1.05 bits per heavy atom. The van der Waals surface area contributed by atoms with Crippen LogP contribution in [-0.2, 0) is 0 Å². The van der Waals surface area contributed by atoms with Crippen molar-refractivity contribution in [3.05, 3.63) is 33.9 Å². The van der Waals surface area contributed by atoms with Crippen molar-refractivity contribution in [2.24, 2.45) is 11.3 Å². The van der Waals surface area contributed by atoms with E-state index in [1.165, 1.54) is 36.6 Å². The van der Waals surface area contributed by atoms with Crippen LogP contribution in [0.3, 0.4) is 0 Å². The Balaban J connectivity index is 1.86. The molecule has 1 N–H and O–H groups in total. The molecule has 0 spiro atoms. The summed E-state index contributed by atoms with van der Waals surface area (Å²) in [7, 11) is 0. The molecule has 0 amide bonds. The molecule has 3 rings (SSSR count). The molecule has 1 aromatic carbocycles. The van der Waals surface area contributed by atoms with E-state index in [1.54, 1.807) is 0 Å². The van der Waals surface area contributed by atoms with Crippen molar-refractivity contribution in [2.45, 2.75) is 52.4 Å². The van der Waals surface area contributed by atoms with Gasteiger partial charge in [-0.3, -0.25) is 0 Å². The summed E-state index contributed by atoms with van der Waals surface area (Å²) in [5, 5.41) is 2.63. The number of H-pyrrole nitrogens is 1. The lowest BCUT2D eigenvalue weighted by Gasteiger charge is -2.37. The molecule has 0 atom stereocenters. The summed E-state index contributed by atoms with van der Waals surface area (Å²) >= 11 is 12.5. The predicted octanol–water partition coefficient (Wildman–Crippen LogP) is 6.79. The Bertz CT molecular complexity index is 643. The van der Waals surface area contributed by atoms with Gasteiger partial charge in [0.1, 0.15) is 0 Å². The molecule has 21 heavy (non-hydrogen) atoms. The highest BCUT2D eigenvalue weighted by Gasteiger charge is 2.31. The van der Waals surface area contributed by atoms with E-state index in [9.17, 15) is 0 Å². The Morgan fingerprint density at radius 2 is 1.71 bits per heavy atom. The van der Waals surface area contributed by atoms with E-state index in [1.807, 2.05) is 12.1 Å². The van der Waals surface area contributed by atoms with Crippen LogP contribution in [0.2, 0.25) is 10.0 Å². The fraction of sp³-hybridized carbons (Fsp3) is 0.556. The number of rotatable bonds is 1. The van der Waals surface area contributed by atoms with Crippen molar-refractivity contribution in [3.8, 4) is 0 Å². The number of fused-ring (bicyclic) bond motifs is 1. The largest absolute Gasteiger partial charge is 0.360 e. The minimum Gasteiger partial charge on any atom is -0.360 e. The van der Waals surface area contributed by atoms with Crippen molar-refractivity contribution in [3.63, 3.8) is 0 Å². The summed E-state index contributed by atoms with van der Waals surface area (Å²) in [4.78, 5) is 3.33. The van der Waals surface area contributed by atoms with Crippen molar-refractivity contribution in [2.75, 3.05) is 0 Å². The lowest BCUT2D eigenvalue weighted by molar-refractivity contribution is 0.169. The first-order valence-electron chi connectivity index (χ1n) is 7.82. The van der Waals surface area contributed by atoms with E-state index < -0.39 is 0 Å². The van der Waals surface area contributed by atoms with Crippen molar-refractivity contribution in [1.29, 1.82) is 0 Å². The lowest BCUT2D eigenvalue weighted by atomic mass is 9.69. The second-order valence-electron chi connectivity index (χ2n) is 7.47. The maximum atomic E-state index is 6.28. The quantitative estimate of drug-likeness (QED) is 0.594. The standard InChI is InChI=1S/C18H23Cl2N/c1-18(2,3)12-6-4-11(5-7-12)15-10-21-17-14(15)8-13(19)9-16(17)20/h8-12,21H,4-7H2,1-3H3. The zero-order chi connectivity index (χ0) is 15.2. The first kappa shape index (κ1) is 15.2. The molecule has 2 aromatic rings. The van der Waals surface area contributed by atoms with Gasteiger partial charge in [0.25, 0.3) is 0 Å². The molecule has 1 aliphatic carbocycles. The van der Waals surface area contributed by atoms with Gasteiger partial charge in [0, 0.05) is 16.6 Å². The zero-order valence-electron chi connectivity index (χ0n) is 13.0. The first-order chi connectivity index (χ1) is 9.86. The van der Waals surface area contributed by atoms with Crippen LogP contribution in [0.25, 0.3) is 10.9 Å². The monoisotopic (exact) mass is 323 g/mol. The van der Waals surface area contributed by atoms with Crippen LogP contribution in [-0.4, -0.2) is 4.98 Å². The van der Waals surface area contributed by atoms with E-state index in [0.29, 0.717) is 16.4 Å². The Kier molecular flexibility index (Phi) is 4.00. The number of aromatic nitrogens is 1. The molecule has 3 heteroatoms. The Hall–Kier alpha value is -0.660. The number of hydrogen-bond acceptors (Lipinski definition) is 0. The van der Waals surface area contributed by atoms with E-state index in [0.717, 1.165) is 16.5 Å². The third kappa shape index (κ3) is 2.96. The minimum absolute atomic E-state index is 0.428. The van der Waals surface area contributed by atoms with Crippen molar-refractivity contribution >= 4 is 34.1 Å². The summed E-state index contributed by atoms with van der Waals surface area (Å²) in [5.74, 6) is 1.47. The van der Waals surface area contributed by atoms with Gasteiger partial charge >= 0.3 is 0 Å². The van der Waals surface area contributed by atoms with Gasteiger partial charge in [0.15, 0.2) is 0 Å². The molecule has 1 aliphatic rings. The molecule has 1 fully saturated rings. The van der Waals surface area contributed by atoms with Gasteiger partial charge in [-0.25, -0.2) is 0 Å². The van der Waals surface area contributed by atoms with Gasteiger partial charge in [-0.2, -0.15) is 0 Å². The summed E-state index contributed by atoms with van der Waals surface area (Å²) in [6.07, 6.45) is 7.29. The molecule has 0 aliphatic heterocycles. The number of benzene rings is 1. The van der Waals surface area contributed by atoms with E-state index in [-0.39, 0.29) is 0 Å². The molecule has 114 valence electrons. The molecule has 0 saturated heterocycles. The predicted molar refractivity (Wildman–Crippen MR) is 92.5 cm³/mol. The number of hydrogen-bond donors (Lipinski definition) is 1. The van der Waals surface area contributed by atoms with Gasteiger partial charge in [-0.05, 0) is 60.6 Å². The SMILES string of the molecule is CC(C)(C)C1CCC(c2c[nH]c3c(Cl)cc(Cl)cc23)CC1. The normalized spacial score (nSPS) is 23.7. The minimum atomic E-state index is 0.428. The first-order valence-corrected chi connectivity index (χ1v) is 8.58. The molecular weight excluding hydrogens is 301 g/mol. The summed E-state index contributed by atoms with van der Waals surface area (Å²) in [6.45, 7) is 7.09. The van der Waals surface area contributed by atoms with Gasteiger partial charge in [-0.1, -0.05) is 44.0 Å². The van der Waals surface area contributed by atoms with Crippen LogP contribution in [0.1, 0.15) is 57.9 Å². The number of aromatic amines is 1. The third-order valence-electron chi connectivity index (χ3n) is 5.13. The molecule has 1 heterocycles. The summed E-state index contributed by atoms with van der Waals surface area (Å²) < 4.78 is 0.